The summed E-state index contributed by atoms with van der Waals surface area (Å²) in [7, 11) is 0.0109. The quantitative estimate of drug-likeness (QED) is 0.364. The molecule has 0 radical (unpaired) electrons. The van der Waals surface area contributed by atoms with Gasteiger partial charge < -0.3 is 19.5 Å². The predicted molar refractivity (Wildman–Crippen MR) is 144 cm³/mol. The number of anilines is 1. The largest absolute Gasteiger partial charge is 0.495 e. The summed E-state index contributed by atoms with van der Waals surface area (Å²) in [5.41, 5.74) is 2.21. The molecule has 10 heteroatoms. The molecule has 8 nitrogen and oxygen atoms in total. The van der Waals surface area contributed by atoms with Crippen molar-refractivity contribution < 1.29 is 27.4 Å². The maximum atomic E-state index is 13.9. The van der Waals surface area contributed by atoms with Crippen LogP contribution in [0.2, 0.25) is 5.02 Å². The zero-order chi connectivity index (χ0) is 27.2. The molecule has 0 spiro atoms. The summed E-state index contributed by atoms with van der Waals surface area (Å²) < 4.78 is 44.7. The zero-order valence-electron chi connectivity index (χ0n) is 21.4. The van der Waals surface area contributed by atoms with Crippen LogP contribution >= 0.6 is 11.6 Å². The average molecular weight is 547 g/mol. The van der Waals surface area contributed by atoms with E-state index in [0.29, 0.717) is 5.75 Å². The number of ether oxygens (including phenoxy) is 3. The Bertz CT molecular complexity index is 1350. The Morgan fingerprint density at radius 2 is 1.54 bits per heavy atom. The fraction of sp³-hybridized carbons (Fsp3) is 0.296. The van der Waals surface area contributed by atoms with Crippen LogP contribution in [0.25, 0.3) is 0 Å². The van der Waals surface area contributed by atoms with Crippen LogP contribution in [0.5, 0.6) is 17.2 Å². The van der Waals surface area contributed by atoms with Gasteiger partial charge in [-0.3, -0.25) is 9.10 Å². The second-order valence-corrected chi connectivity index (χ2v) is 10.5. The lowest BCUT2D eigenvalue weighted by Crippen LogP contribution is -2.41. The first kappa shape index (κ1) is 28.1. The summed E-state index contributed by atoms with van der Waals surface area (Å²) in [4.78, 5) is 13.1. The third-order valence-electron chi connectivity index (χ3n) is 5.91. The zero-order valence-corrected chi connectivity index (χ0v) is 23.0. The minimum Gasteiger partial charge on any atom is -0.495 e. The first-order valence-electron chi connectivity index (χ1n) is 11.6. The van der Waals surface area contributed by atoms with Crippen LogP contribution in [-0.2, 0) is 21.2 Å². The number of aryl methyl sites for hydroxylation is 1. The number of carbonyl (C=O) groups is 1. The van der Waals surface area contributed by atoms with Gasteiger partial charge in [-0.1, -0.05) is 42.8 Å². The SMILES string of the molecule is CCc1ccc(C(C)NC(=O)CN(c2cc(Cl)ccc2OC)S(=O)(=O)c2ccc(OC)c(OC)c2)cc1. The molecule has 0 aliphatic heterocycles. The molecule has 0 aliphatic carbocycles. The lowest BCUT2D eigenvalue weighted by Gasteiger charge is -2.27. The molecule has 3 rings (SSSR count). The summed E-state index contributed by atoms with van der Waals surface area (Å²) in [6.45, 7) is 3.40. The molecule has 0 saturated carbocycles. The number of amides is 1. The van der Waals surface area contributed by atoms with Crippen molar-refractivity contribution in [3.63, 3.8) is 0 Å². The number of nitrogens with one attached hydrogen (secondary N) is 1. The molecule has 1 N–H and O–H groups in total. The normalized spacial score (nSPS) is 11.9. The highest BCUT2D eigenvalue weighted by atomic mass is 35.5. The van der Waals surface area contributed by atoms with Crippen molar-refractivity contribution in [2.24, 2.45) is 0 Å². The van der Waals surface area contributed by atoms with Crippen LogP contribution < -0.4 is 23.8 Å². The second kappa shape index (κ2) is 12.2. The summed E-state index contributed by atoms with van der Waals surface area (Å²) in [6.07, 6.45) is 0.908. The molecule has 3 aromatic rings. The maximum absolute atomic E-state index is 13.9. The van der Waals surface area contributed by atoms with Gasteiger partial charge in [0.05, 0.1) is 38.0 Å². The van der Waals surface area contributed by atoms with E-state index in [0.717, 1.165) is 16.3 Å². The molecule has 0 bridgehead atoms. The van der Waals surface area contributed by atoms with E-state index in [4.69, 9.17) is 25.8 Å². The number of halogens is 1. The minimum atomic E-state index is -4.27. The topological polar surface area (TPSA) is 94.2 Å². The number of carbonyl (C=O) groups excluding carboxylic acids is 1. The van der Waals surface area contributed by atoms with E-state index in [1.807, 2.05) is 31.2 Å². The van der Waals surface area contributed by atoms with Crippen LogP contribution in [0.15, 0.2) is 65.6 Å². The Hall–Kier alpha value is -3.43. The van der Waals surface area contributed by atoms with Crippen LogP contribution in [0.1, 0.15) is 31.0 Å². The van der Waals surface area contributed by atoms with Gasteiger partial charge in [-0.15, -0.1) is 0 Å². The third-order valence-corrected chi connectivity index (χ3v) is 7.90. The van der Waals surface area contributed by atoms with Gasteiger partial charge in [-0.25, -0.2) is 8.42 Å². The van der Waals surface area contributed by atoms with Crippen LogP contribution in [0, 0.1) is 0 Å². The molecule has 0 aliphatic rings. The standard InChI is InChI=1S/C27H31ClN2O6S/c1-6-19-7-9-20(10-8-19)18(2)29-27(31)17-30(23-15-21(28)11-13-24(23)34-3)37(32,33)22-12-14-25(35-4)26(16-22)36-5/h7-16,18H,6,17H2,1-5H3,(H,29,31). The highest BCUT2D eigenvalue weighted by molar-refractivity contribution is 7.92. The Morgan fingerprint density at radius 1 is 0.919 bits per heavy atom. The summed E-state index contributed by atoms with van der Waals surface area (Å²) >= 11 is 6.21. The summed E-state index contributed by atoms with van der Waals surface area (Å²) in [5, 5.41) is 3.17. The van der Waals surface area contributed by atoms with E-state index in [9.17, 15) is 13.2 Å². The third kappa shape index (κ3) is 6.47. The molecule has 1 amide bonds. The number of benzene rings is 3. The Kier molecular flexibility index (Phi) is 9.29. The minimum absolute atomic E-state index is 0.0943. The van der Waals surface area contributed by atoms with E-state index in [2.05, 4.69) is 12.2 Å². The predicted octanol–water partition coefficient (Wildman–Crippen LogP) is 5.00. The van der Waals surface area contributed by atoms with Crippen molar-refractivity contribution in [2.45, 2.75) is 31.2 Å². The van der Waals surface area contributed by atoms with Crippen LogP contribution in [-0.4, -0.2) is 42.2 Å². The van der Waals surface area contributed by atoms with E-state index < -0.39 is 22.5 Å². The number of hydrogen-bond donors (Lipinski definition) is 1. The number of sulfonamides is 1. The van der Waals surface area contributed by atoms with E-state index in [-0.39, 0.29) is 33.1 Å². The van der Waals surface area contributed by atoms with Crippen molar-refractivity contribution in [2.75, 3.05) is 32.2 Å². The van der Waals surface area contributed by atoms with Gasteiger partial charge in [0.2, 0.25) is 5.91 Å². The molecule has 198 valence electrons. The molecular weight excluding hydrogens is 516 g/mol. The smallest absolute Gasteiger partial charge is 0.265 e. The summed E-state index contributed by atoms with van der Waals surface area (Å²) in [6, 6.07) is 16.3. The molecule has 37 heavy (non-hydrogen) atoms. The first-order chi connectivity index (χ1) is 17.6. The summed E-state index contributed by atoms with van der Waals surface area (Å²) in [5.74, 6) is 0.340. The Balaban J connectivity index is 2.00. The van der Waals surface area contributed by atoms with Gasteiger partial charge in [0, 0.05) is 11.1 Å². The lowest BCUT2D eigenvalue weighted by atomic mass is 10.1. The molecule has 3 aromatic carbocycles. The van der Waals surface area contributed by atoms with Crippen molar-refractivity contribution in [1.82, 2.24) is 5.32 Å². The molecule has 1 atom stereocenters. The fourth-order valence-electron chi connectivity index (χ4n) is 3.80. The van der Waals surface area contributed by atoms with E-state index in [1.54, 1.807) is 12.1 Å². The fourth-order valence-corrected chi connectivity index (χ4v) is 5.41. The monoisotopic (exact) mass is 546 g/mol. The van der Waals surface area contributed by atoms with Gasteiger partial charge in [0.1, 0.15) is 12.3 Å². The van der Waals surface area contributed by atoms with E-state index >= 15 is 0 Å². The van der Waals surface area contributed by atoms with Crippen molar-refractivity contribution in [3.05, 3.63) is 76.8 Å². The number of nitrogens with zero attached hydrogens (tertiary/aromatic N) is 1. The van der Waals surface area contributed by atoms with Crippen molar-refractivity contribution in [1.29, 1.82) is 0 Å². The average Bonchev–Trinajstić information content (AvgIpc) is 2.91. The van der Waals surface area contributed by atoms with Crippen molar-refractivity contribution >= 4 is 33.2 Å². The number of methoxy groups -OCH3 is 3. The van der Waals surface area contributed by atoms with Gasteiger partial charge in [-0.2, -0.15) is 0 Å². The molecule has 0 heterocycles. The molecule has 0 aromatic heterocycles. The van der Waals surface area contributed by atoms with Gasteiger partial charge in [0.15, 0.2) is 11.5 Å². The molecule has 1 unspecified atom stereocenters. The first-order valence-corrected chi connectivity index (χ1v) is 13.4. The van der Waals surface area contributed by atoms with Crippen LogP contribution in [0.3, 0.4) is 0 Å². The van der Waals surface area contributed by atoms with Gasteiger partial charge in [-0.05, 0) is 54.8 Å². The maximum Gasteiger partial charge on any atom is 0.265 e. The second-order valence-electron chi connectivity index (χ2n) is 8.23. The highest BCUT2D eigenvalue weighted by Gasteiger charge is 2.31. The Morgan fingerprint density at radius 3 is 2.14 bits per heavy atom. The lowest BCUT2D eigenvalue weighted by molar-refractivity contribution is -0.120. The number of rotatable bonds is 11. The highest BCUT2D eigenvalue weighted by Crippen LogP contribution is 2.37. The Labute approximate surface area is 223 Å². The van der Waals surface area contributed by atoms with E-state index in [1.165, 1.54) is 51.2 Å². The van der Waals surface area contributed by atoms with Crippen LogP contribution in [0.4, 0.5) is 5.69 Å². The molecule has 0 fully saturated rings. The molecular formula is C27H31ClN2O6S. The molecule has 0 saturated heterocycles. The van der Waals surface area contributed by atoms with Gasteiger partial charge >= 0.3 is 0 Å². The van der Waals surface area contributed by atoms with Crippen molar-refractivity contribution in [3.8, 4) is 17.2 Å². The number of hydrogen-bond acceptors (Lipinski definition) is 6. The van der Waals surface area contributed by atoms with Gasteiger partial charge in [0.25, 0.3) is 10.0 Å².